The summed E-state index contributed by atoms with van der Waals surface area (Å²) in [5, 5.41) is 4.49. The van der Waals surface area contributed by atoms with E-state index in [0.717, 1.165) is 30.9 Å². The lowest BCUT2D eigenvalue weighted by Gasteiger charge is -2.13. The van der Waals surface area contributed by atoms with E-state index in [0.29, 0.717) is 0 Å². The number of hydrogen-bond donors (Lipinski definition) is 0. The highest BCUT2D eigenvalue weighted by molar-refractivity contribution is 5.96. The van der Waals surface area contributed by atoms with Crippen LogP contribution >= 0.6 is 0 Å². The summed E-state index contributed by atoms with van der Waals surface area (Å²) in [4.78, 5) is 2.34. The Morgan fingerprint density at radius 3 is 2.62 bits per heavy atom. The van der Waals surface area contributed by atoms with Crippen LogP contribution in [0.15, 0.2) is 29.4 Å². The molecule has 0 saturated carbocycles. The summed E-state index contributed by atoms with van der Waals surface area (Å²) in [6, 6.07) is 8.16. The van der Waals surface area contributed by atoms with E-state index in [9.17, 15) is 0 Å². The molecule has 0 fully saturated rings. The number of ether oxygens (including phenoxy) is 1. The zero-order valence-electron chi connectivity index (χ0n) is 13.5. The van der Waals surface area contributed by atoms with Gasteiger partial charge in [0.05, 0.1) is 25.3 Å². The maximum absolute atomic E-state index is 5.68. The lowest BCUT2D eigenvalue weighted by Crippen LogP contribution is -2.29. The van der Waals surface area contributed by atoms with Crippen molar-refractivity contribution in [1.29, 1.82) is 0 Å². The molecule has 0 saturated heterocycles. The van der Waals surface area contributed by atoms with Gasteiger partial charge in [-0.05, 0) is 51.1 Å². The molecule has 0 aromatic heterocycles. The van der Waals surface area contributed by atoms with Crippen LogP contribution in [0.3, 0.4) is 0 Å². The van der Waals surface area contributed by atoms with E-state index in [1.807, 2.05) is 36.9 Å². The van der Waals surface area contributed by atoms with Crippen molar-refractivity contribution in [2.24, 2.45) is 5.10 Å². The summed E-state index contributed by atoms with van der Waals surface area (Å²) >= 11 is 0. The molecule has 0 bridgehead atoms. The highest BCUT2D eigenvalue weighted by Gasteiger charge is 2.23. The van der Waals surface area contributed by atoms with Crippen LogP contribution in [0.25, 0.3) is 0 Å². The van der Waals surface area contributed by atoms with Crippen LogP contribution in [0.1, 0.15) is 33.6 Å². The van der Waals surface area contributed by atoms with Gasteiger partial charge in [0.15, 0.2) is 0 Å². The average molecular weight is 288 g/mol. The van der Waals surface area contributed by atoms with E-state index in [-0.39, 0.29) is 6.10 Å². The van der Waals surface area contributed by atoms with Gasteiger partial charge in [-0.25, -0.2) is 0 Å². The predicted octanol–water partition coefficient (Wildman–Crippen LogP) is 3.29. The van der Waals surface area contributed by atoms with Crippen molar-refractivity contribution < 1.29 is 9.42 Å². The molecule has 1 aliphatic heterocycles. The molecule has 4 heteroatoms. The molecule has 2 rings (SSSR count). The lowest BCUT2D eigenvalue weighted by atomic mass is 10.2. The third-order valence-corrected chi connectivity index (χ3v) is 3.33. The number of hydrogen-bond acceptors (Lipinski definition) is 3. The van der Waals surface area contributed by atoms with Gasteiger partial charge in [-0.1, -0.05) is 11.6 Å². The van der Waals surface area contributed by atoms with Gasteiger partial charge in [0.1, 0.15) is 5.75 Å². The van der Waals surface area contributed by atoms with Gasteiger partial charge in [-0.2, -0.15) is 0 Å². The van der Waals surface area contributed by atoms with Crippen molar-refractivity contribution in [3.63, 3.8) is 0 Å². The van der Waals surface area contributed by atoms with Crippen molar-refractivity contribution in [2.75, 3.05) is 20.1 Å². The predicted molar refractivity (Wildman–Crippen MR) is 88.0 cm³/mol. The molecule has 21 heavy (non-hydrogen) atoms. The number of hydrazone groups is 1. The van der Waals surface area contributed by atoms with Crippen LogP contribution in [0, 0.1) is 0 Å². The molecule has 1 aromatic rings. The van der Waals surface area contributed by atoms with Crippen LogP contribution < -0.4 is 4.74 Å². The van der Waals surface area contributed by atoms with E-state index in [2.05, 4.69) is 36.1 Å². The largest absolute Gasteiger partial charge is 0.491 e. The Kier molecular flexibility index (Phi) is 5.51. The molecule has 114 valence electrons. The Morgan fingerprint density at radius 1 is 1.29 bits per heavy atom. The maximum atomic E-state index is 5.68. The monoisotopic (exact) mass is 288 g/mol. The Bertz CT molecular complexity index is 517. The van der Waals surface area contributed by atoms with E-state index >= 15 is 0 Å². The minimum absolute atomic E-state index is 0.200. The molecule has 1 aliphatic rings. The minimum Gasteiger partial charge on any atom is -0.491 e. The van der Waals surface area contributed by atoms with Crippen LogP contribution in [0.5, 0.6) is 5.75 Å². The molecular formula is C17H26N3O+. The Morgan fingerprint density at radius 2 is 2.00 bits per heavy atom. The highest BCUT2D eigenvalue weighted by Crippen LogP contribution is 2.21. The fourth-order valence-corrected chi connectivity index (χ4v) is 2.49. The summed E-state index contributed by atoms with van der Waals surface area (Å²) in [6.07, 6.45) is 4.28. The zero-order chi connectivity index (χ0) is 15.2. The molecule has 0 unspecified atom stereocenters. The van der Waals surface area contributed by atoms with Crippen LogP contribution in [0.4, 0.5) is 5.69 Å². The van der Waals surface area contributed by atoms with Gasteiger partial charge >= 0.3 is 0 Å². The van der Waals surface area contributed by atoms with Crippen molar-refractivity contribution in [1.82, 2.24) is 4.90 Å². The topological polar surface area (TPSA) is 27.8 Å². The first-order chi connectivity index (χ1) is 10.1. The average Bonchev–Trinajstić information content (AvgIpc) is 2.87. The normalized spacial score (nSPS) is 14.6. The van der Waals surface area contributed by atoms with E-state index in [1.165, 1.54) is 12.1 Å². The molecule has 0 spiro atoms. The second-order valence-electron chi connectivity index (χ2n) is 5.78. The van der Waals surface area contributed by atoms with Gasteiger partial charge in [0, 0.05) is 12.1 Å². The fraction of sp³-hybridized carbons (Fsp3) is 0.529. The van der Waals surface area contributed by atoms with Gasteiger partial charge in [0.2, 0.25) is 11.4 Å². The summed E-state index contributed by atoms with van der Waals surface area (Å²) in [5.41, 5.74) is 2.42. The lowest BCUT2D eigenvalue weighted by molar-refractivity contribution is -0.443. The molecule has 0 N–H and O–H groups in total. The zero-order valence-corrected chi connectivity index (χ0v) is 13.5. The molecular weight excluding hydrogens is 262 g/mol. The SMILES string of the molecule is CCCN(C)CC1=[N+](c2ccc(OC(C)C)cc2)N=CC1. The van der Waals surface area contributed by atoms with Gasteiger partial charge in [0.25, 0.3) is 0 Å². The molecule has 0 atom stereocenters. The van der Waals surface area contributed by atoms with Gasteiger partial charge < -0.3 is 4.74 Å². The highest BCUT2D eigenvalue weighted by atomic mass is 16.5. The first kappa shape index (κ1) is 15.7. The molecule has 1 heterocycles. The fourth-order valence-electron chi connectivity index (χ4n) is 2.49. The van der Waals surface area contributed by atoms with Gasteiger partial charge in [-0.3, -0.25) is 4.90 Å². The Hall–Kier alpha value is -1.68. The second kappa shape index (κ2) is 7.36. The second-order valence-corrected chi connectivity index (χ2v) is 5.78. The summed E-state index contributed by atoms with van der Waals surface area (Å²) in [7, 11) is 2.16. The maximum Gasteiger partial charge on any atom is 0.238 e. The molecule has 0 aliphatic carbocycles. The van der Waals surface area contributed by atoms with Crippen LogP contribution in [0.2, 0.25) is 0 Å². The van der Waals surface area contributed by atoms with Crippen molar-refractivity contribution in [2.45, 2.75) is 39.7 Å². The third-order valence-electron chi connectivity index (χ3n) is 3.33. The molecule has 0 amide bonds. The molecule has 1 aromatic carbocycles. The van der Waals surface area contributed by atoms with E-state index < -0.39 is 0 Å². The number of benzene rings is 1. The molecule has 4 nitrogen and oxygen atoms in total. The van der Waals surface area contributed by atoms with Crippen molar-refractivity contribution in [3.8, 4) is 5.75 Å². The Balaban J connectivity index is 2.12. The smallest absolute Gasteiger partial charge is 0.238 e. The third kappa shape index (κ3) is 4.39. The van der Waals surface area contributed by atoms with E-state index in [4.69, 9.17) is 4.74 Å². The Labute approximate surface area is 127 Å². The number of rotatable bonds is 7. The van der Waals surface area contributed by atoms with Crippen LogP contribution in [-0.2, 0) is 0 Å². The summed E-state index contributed by atoms with van der Waals surface area (Å²) in [6.45, 7) is 8.34. The minimum atomic E-state index is 0.200. The van der Waals surface area contributed by atoms with Crippen molar-refractivity contribution >= 4 is 17.6 Å². The summed E-state index contributed by atoms with van der Waals surface area (Å²) in [5.74, 6) is 0.904. The standard InChI is InChI=1S/C17H26N3O/c1-5-12-19(4)13-16-10-11-18-20(16)15-6-8-17(9-7-15)21-14(2)3/h6-9,11,14H,5,10,12-13H2,1-4H3/q+1. The van der Waals surface area contributed by atoms with E-state index in [1.54, 1.807) is 0 Å². The van der Waals surface area contributed by atoms with Gasteiger partial charge in [-0.15, -0.1) is 0 Å². The van der Waals surface area contributed by atoms with Crippen LogP contribution in [-0.4, -0.2) is 47.8 Å². The van der Waals surface area contributed by atoms with Crippen molar-refractivity contribution in [3.05, 3.63) is 24.3 Å². The summed E-state index contributed by atoms with van der Waals surface area (Å²) < 4.78 is 7.73. The number of nitrogens with zero attached hydrogens (tertiary/aromatic N) is 3. The first-order valence-corrected chi connectivity index (χ1v) is 7.72. The first-order valence-electron chi connectivity index (χ1n) is 7.72. The molecule has 0 radical (unpaired) electrons. The quantitative estimate of drug-likeness (QED) is 0.720.